The average molecular weight is 1170 g/mol. The highest BCUT2D eigenvalue weighted by molar-refractivity contribution is 6.41. The van der Waals surface area contributed by atoms with Crippen LogP contribution in [-0.4, -0.2) is 19.9 Å². The fourth-order valence-electron chi connectivity index (χ4n) is 9.50. The molecular weight excluding hydrogens is 1140 g/mol. The molecule has 0 fully saturated rings. The van der Waals surface area contributed by atoms with Crippen molar-refractivity contribution in [3.63, 3.8) is 0 Å². The van der Waals surface area contributed by atoms with Gasteiger partial charge in [0.15, 0.2) is 0 Å². The maximum absolute atomic E-state index is 16.0. The number of hydrogen-bond donors (Lipinski definition) is 4. The Morgan fingerprint density at radius 1 is 0.250 bits per heavy atom. The van der Waals surface area contributed by atoms with Crippen LogP contribution in [0.5, 0.6) is 0 Å². The molecule has 5 heterocycles. The van der Waals surface area contributed by atoms with Gasteiger partial charge in [0.25, 0.3) is 0 Å². The van der Waals surface area contributed by atoms with Gasteiger partial charge in [-0.2, -0.15) is 52.7 Å². The van der Waals surface area contributed by atoms with Gasteiger partial charge in [-0.1, -0.05) is 117 Å². The molecule has 0 unspecified atom stereocenters. The van der Waals surface area contributed by atoms with Gasteiger partial charge < -0.3 is 19.9 Å². The molecule has 0 radical (unpaired) electrons. The van der Waals surface area contributed by atoms with E-state index in [9.17, 15) is 0 Å². The zero-order valence-electron chi connectivity index (χ0n) is 35.3. The predicted molar refractivity (Wildman–Crippen MR) is 256 cm³/mol. The van der Waals surface area contributed by atoms with Crippen LogP contribution in [0.4, 0.5) is 52.7 Å². The van der Waals surface area contributed by atoms with E-state index in [1.54, 1.807) is 0 Å². The Morgan fingerprint density at radius 2 is 0.403 bits per heavy atom. The fourth-order valence-corrected chi connectivity index (χ4v) is 11.9. The third-order valence-corrected chi connectivity index (χ3v) is 14.5. The SMILES string of the molecule is FC(F)(F)c1c2[nH]c(c1-c1c(Cl)cccc1Cl)Cc1[nH]c(c(-c3c(Cl)cccc3Cl)c1C(F)(F)F)Cc1[nH]c(c(-c3c(Cl)cccc3Cl)c1C(F)(F)F)Cc1[nH]c(c(-c3c(Cl)cccc3Cl)c1C(F)(F)F)C2. The Balaban J connectivity index is 1.50. The summed E-state index contributed by atoms with van der Waals surface area (Å²) in [6, 6.07) is 14.3. The highest BCUT2D eigenvalue weighted by atomic mass is 35.5. The zero-order valence-corrected chi connectivity index (χ0v) is 41.4. The van der Waals surface area contributed by atoms with E-state index in [-0.39, 0.29) is 0 Å². The van der Waals surface area contributed by atoms with Crippen LogP contribution in [0.2, 0.25) is 40.2 Å². The second-order valence-electron chi connectivity index (χ2n) is 16.4. The number of benzene rings is 4. The highest BCUT2D eigenvalue weighted by Gasteiger charge is 2.47. The average Bonchev–Trinajstić information content (AvgIpc) is 3.98. The van der Waals surface area contributed by atoms with Gasteiger partial charge in [0.1, 0.15) is 0 Å². The number of aromatic nitrogens is 4. The molecule has 72 heavy (non-hydrogen) atoms. The number of H-pyrrole nitrogens is 4. The first kappa shape index (κ1) is 52.3. The quantitative estimate of drug-likeness (QED) is 0.127. The summed E-state index contributed by atoms with van der Waals surface area (Å²) in [5.41, 5.74) is -18.4. The minimum Gasteiger partial charge on any atom is -0.361 e. The van der Waals surface area contributed by atoms with E-state index in [0.29, 0.717) is 0 Å². The number of alkyl halides is 12. The maximum Gasteiger partial charge on any atom is 0.418 e. The molecule has 1 aliphatic rings. The van der Waals surface area contributed by atoms with Gasteiger partial charge in [-0.05, 0) is 48.5 Å². The number of aromatic amines is 4. The molecule has 0 spiro atoms. The smallest absolute Gasteiger partial charge is 0.361 e. The second-order valence-corrected chi connectivity index (χ2v) is 19.7. The van der Waals surface area contributed by atoms with Gasteiger partial charge in [-0.25, -0.2) is 0 Å². The van der Waals surface area contributed by atoms with Gasteiger partial charge in [0.05, 0.1) is 22.3 Å². The van der Waals surface area contributed by atoms with Crippen LogP contribution in [0.15, 0.2) is 72.8 Å². The topological polar surface area (TPSA) is 63.2 Å². The standard InChI is InChI=1S/C48H24Cl8F12N4/c49-17-5-1-6-18(50)33(17)37-25-13-30-42(46(60,61)62)39(35-21(53)9-3-10-22(35)54)27(70-30)15-32-44(48(66,67)68)40(36-23(55)11-4-12-24(36)56)28(72-32)16-31-43(47(63,64)65)38(34-19(51)7-2-8-20(34)52)26(71-31)14-29(69-25)41(37)45(57,58)59/h1-12,69-72H,13-16H2. The molecule has 24 heteroatoms. The molecule has 376 valence electrons. The molecule has 0 saturated carbocycles. The summed E-state index contributed by atoms with van der Waals surface area (Å²) in [5.74, 6) is 0. The van der Waals surface area contributed by atoms with Gasteiger partial charge in [-0.15, -0.1) is 0 Å². The Bertz CT molecular complexity index is 2950. The zero-order chi connectivity index (χ0) is 52.3. The van der Waals surface area contributed by atoms with Crippen molar-refractivity contribution in [3.05, 3.63) is 181 Å². The molecule has 0 aliphatic carbocycles. The largest absolute Gasteiger partial charge is 0.418 e. The molecule has 0 amide bonds. The van der Waals surface area contributed by atoms with Crippen molar-refractivity contribution in [2.75, 3.05) is 0 Å². The number of halogens is 20. The lowest BCUT2D eigenvalue weighted by Crippen LogP contribution is -2.12. The van der Waals surface area contributed by atoms with E-state index in [1.807, 2.05) is 0 Å². The van der Waals surface area contributed by atoms with E-state index < -0.39 is 203 Å². The van der Waals surface area contributed by atoms with Gasteiger partial charge in [-0.3, -0.25) is 0 Å². The fraction of sp³-hybridized carbons (Fsp3) is 0.167. The number of nitrogens with one attached hydrogen (secondary N) is 4. The van der Waals surface area contributed by atoms with E-state index >= 15 is 52.7 Å². The van der Waals surface area contributed by atoms with Crippen LogP contribution < -0.4 is 0 Å². The summed E-state index contributed by atoms with van der Waals surface area (Å²) >= 11 is 52.4. The van der Waals surface area contributed by atoms with E-state index in [4.69, 9.17) is 92.8 Å². The molecule has 4 nitrogen and oxygen atoms in total. The molecule has 8 bridgehead atoms. The van der Waals surface area contributed by atoms with Crippen molar-refractivity contribution in [1.29, 1.82) is 0 Å². The number of rotatable bonds is 4. The van der Waals surface area contributed by atoms with Crippen LogP contribution in [0.3, 0.4) is 0 Å². The summed E-state index contributed by atoms with van der Waals surface area (Å²) in [7, 11) is 0. The molecular formula is C48H24Cl8F12N4. The van der Waals surface area contributed by atoms with Crippen molar-refractivity contribution in [2.45, 2.75) is 50.4 Å². The number of fused-ring (bicyclic) bond motifs is 8. The van der Waals surface area contributed by atoms with Crippen LogP contribution in [-0.2, 0) is 50.4 Å². The van der Waals surface area contributed by atoms with E-state index in [0.717, 1.165) is 48.5 Å². The molecule has 4 aromatic heterocycles. The van der Waals surface area contributed by atoms with Crippen LogP contribution in [0, 0.1) is 0 Å². The monoisotopic (exact) mass is 1160 g/mol. The summed E-state index contributed by atoms with van der Waals surface area (Å²) in [5, 5.41) is -3.34. The van der Waals surface area contributed by atoms with E-state index in [1.165, 1.54) is 24.3 Å². The Labute approximate surface area is 438 Å². The molecule has 8 aromatic rings. The second kappa shape index (κ2) is 18.7. The third kappa shape index (κ3) is 9.26. The van der Waals surface area contributed by atoms with Crippen LogP contribution >= 0.6 is 92.8 Å². The minimum absolute atomic E-state index is 0.418. The first-order valence-corrected chi connectivity index (χ1v) is 23.6. The molecule has 4 aromatic carbocycles. The molecule has 0 atom stereocenters. The van der Waals surface area contributed by atoms with Gasteiger partial charge in [0, 0.05) is 156 Å². The normalized spacial score (nSPS) is 13.6. The van der Waals surface area contributed by atoms with Gasteiger partial charge >= 0.3 is 24.7 Å². The lowest BCUT2D eigenvalue weighted by atomic mass is 9.92. The number of hydrogen-bond acceptors (Lipinski definition) is 0. The summed E-state index contributed by atoms with van der Waals surface area (Å²) in [4.78, 5) is 10.2. The van der Waals surface area contributed by atoms with Crippen LogP contribution in [0.1, 0.15) is 67.8 Å². The third-order valence-electron chi connectivity index (χ3n) is 12.0. The Kier molecular flexibility index (Phi) is 13.6. The van der Waals surface area contributed by atoms with Crippen molar-refractivity contribution >= 4 is 92.8 Å². The predicted octanol–water partition coefficient (Wildman–Crippen LogP) is 19.6. The maximum atomic E-state index is 16.0. The van der Waals surface area contributed by atoms with E-state index in [2.05, 4.69) is 19.9 Å². The molecule has 1 aliphatic heterocycles. The first-order valence-electron chi connectivity index (χ1n) is 20.6. The summed E-state index contributed by atoms with van der Waals surface area (Å²) < 4.78 is 192. The lowest BCUT2D eigenvalue weighted by molar-refractivity contribution is -0.138. The van der Waals surface area contributed by atoms with Crippen molar-refractivity contribution in [2.24, 2.45) is 0 Å². The summed E-state index contributed by atoms with van der Waals surface area (Å²) in [6.07, 6.45) is -26.5. The molecule has 9 rings (SSSR count). The van der Waals surface area contributed by atoms with Gasteiger partial charge in [0.2, 0.25) is 0 Å². The van der Waals surface area contributed by atoms with Crippen molar-refractivity contribution in [1.82, 2.24) is 19.9 Å². The van der Waals surface area contributed by atoms with Crippen LogP contribution in [0.25, 0.3) is 44.5 Å². The van der Waals surface area contributed by atoms with Crippen molar-refractivity contribution < 1.29 is 52.7 Å². The summed E-state index contributed by atoms with van der Waals surface area (Å²) in [6.45, 7) is 0. The Hall–Kier alpha value is -4.52. The molecule has 4 N–H and O–H groups in total. The van der Waals surface area contributed by atoms with Crippen molar-refractivity contribution in [3.8, 4) is 44.5 Å². The molecule has 0 saturated heterocycles. The highest BCUT2D eigenvalue weighted by Crippen LogP contribution is 2.55. The minimum atomic E-state index is -5.46. The lowest BCUT2D eigenvalue weighted by Gasteiger charge is -2.17. The first-order chi connectivity index (χ1) is 33.6. The Morgan fingerprint density at radius 3 is 0.542 bits per heavy atom.